The molecule has 3 aromatic rings. The number of aryl methyl sites for hydroxylation is 1. The van der Waals surface area contributed by atoms with E-state index in [1.54, 1.807) is 37.3 Å². The van der Waals surface area contributed by atoms with Gasteiger partial charge in [-0.1, -0.05) is 0 Å². The topological polar surface area (TPSA) is 115 Å². The average Bonchev–Trinajstić information content (AvgIpc) is 3.39. The van der Waals surface area contributed by atoms with Gasteiger partial charge in [-0.05, 0) is 67.4 Å². The maximum atomic E-state index is 12.7. The second-order valence-electron chi connectivity index (χ2n) is 9.73. The number of hydrogen-bond acceptors (Lipinski definition) is 10. The lowest BCUT2D eigenvalue weighted by molar-refractivity contribution is -0.274. The van der Waals surface area contributed by atoms with E-state index in [2.05, 4.69) is 15.0 Å². The number of morpholine rings is 1. The van der Waals surface area contributed by atoms with E-state index >= 15 is 0 Å². The van der Waals surface area contributed by atoms with Crippen LogP contribution in [0.3, 0.4) is 0 Å². The van der Waals surface area contributed by atoms with Crippen molar-refractivity contribution in [1.29, 1.82) is 0 Å². The number of carbonyl (C=O) groups is 1. The number of guanidine groups is 1. The zero-order chi connectivity index (χ0) is 30.6. The van der Waals surface area contributed by atoms with Gasteiger partial charge in [0.25, 0.3) is 0 Å². The molecule has 0 radical (unpaired) electrons. The van der Waals surface area contributed by atoms with Crippen molar-refractivity contribution in [2.24, 2.45) is 4.99 Å². The van der Waals surface area contributed by atoms with Gasteiger partial charge >= 0.3 is 12.3 Å². The summed E-state index contributed by atoms with van der Waals surface area (Å²) < 4.78 is 58.9. The van der Waals surface area contributed by atoms with Crippen LogP contribution in [0.1, 0.15) is 23.2 Å². The third kappa shape index (κ3) is 7.76. The molecule has 2 N–H and O–H groups in total. The number of nitrogens with one attached hydrogen (secondary N) is 1. The summed E-state index contributed by atoms with van der Waals surface area (Å²) >= 11 is 1.36. The molecule has 2 aromatic carbocycles. The van der Waals surface area contributed by atoms with Crippen LogP contribution in [-0.2, 0) is 16.1 Å². The largest absolute Gasteiger partial charge is 0.573 e. The number of aromatic nitrogens is 1. The molecule has 0 aliphatic carbocycles. The maximum Gasteiger partial charge on any atom is 0.573 e. The van der Waals surface area contributed by atoms with Gasteiger partial charge in [0.05, 0.1) is 29.8 Å². The number of alkyl halides is 3. The Morgan fingerprint density at radius 1 is 1.14 bits per heavy atom. The first kappa shape index (κ1) is 30.2. The number of benzene rings is 2. The maximum absolute atomic E-state index is 12.7. The van der Waals surface area contributed by atoms with Crippen LogP contribution in [0.25, 0.3) is 16.0 Å². The Morgan fingerprint density at radius 3 is 2.51 bits per heavy atom. The number of ether oxygens (including phenoxy) is 4. The molecule has 10 nitrogen and oxygen atoms in total. The molecule has 43 heavy (non-hydrogen) atoms. The Labute approximate surface area is 249 Å². The lowest BCUT2D eigenvalue weighted by Crippen LogP contribution is -2.47. The summed E-state index contributed by atoms with van der Waals surface area (Å²) in [7, 11) is 0. The first-order valence-electron chi connectivity index (χ1n) is 13.4. The van der Waals surface area contributed by atoms with Crippen LogP contribution in [0.15, 0.2) is 53.7 Å². The van der Waals surface area contributed by atoms with Gasteiger partial charge in [0.15, 0.2) is 12.6 Å². The van der Waals surface area contributed by atoms with Crippen molar-refractivity contribution in [1.82, 2.24) is 15.2 Å². The Hall–Kier alpha value is -4.30. The van der Waals surface area contributed by atoms with E-state index in [9.17, 15) is 18.0 Å². The highest BCUT2D eigenvalue weighted by molar-refractivity contribution is 7.15. The number of rotatable bonds is 9. The van der Waals surface area contributed by atoms with Gasteiger partial charge in [-0.25, -0.2) is 14.8 Å². The number of carboxylic acid groups (broad SMARTS) is 1. The van der Waals surface area contributed by atoms with Crippen LogP contribution in [0.2, 0.25) is 0 Å². The van der Waals surface area contributed by atoms with Gasteiger partial charge in [0.1, 0.15) is 28.9 Å². The molecule has 0 bridgehead atoms. The van der Waals surface area contributed by atoms with Gasteiger partial charge < -0.3 is 34.3 Å². The summed E-state index contributed by atoms with van der Waals surface area (Å²) in [4.78, 5) is 23.4. The van der Waals surface area contributed by atoms with Crippen LogP contribution >= 0.6 is 11.3 Å². The average molecular weight is 619 g/mol. The zero-order valence-electron chi connectivity index (χ0n) is 23.3. The number of thiazole rings is 1. The minimum Gasteiger partial charge on any atom is -0.486 e. The van der Waals surface area contributed by atoms with Gasteiger partial charge in [-0.15, -0.1) is 24.5 Å². The van der Waals surface area contributed by atoms with Crippen LogP contribution in [0.5, 0.6) is 17.2 Å². The van der Waals surface area contributed by atoms with Crippen LogP contribution in [-0.4, -0.2) is 72.2 Å². The fourth-order valence-electron chi connectivity index (χ4n) is 4.55. The predicted molar refractivity (Wildman–Crippen MR) is 153 cm³/mol. The smallest absolute Gasteiger partial charge is 0.486 e. The number of aliphatic carboxylic acids is 1. The van der Waals surface area contributed by atoms with E-state index in [1.807, 2.05) is 13.1 Å². The summed E-state index contributed by atoms with van der Waals surface area (Å²) in [5, 5.41) is 12.8. The van der Waals surface area contributed by atoms with Crippen molar-refractivity contribution in [2.75, 3.05) is 32.9 Å². The number of carboxylic acids is 1. The van der Waals surface area contributed by atoms with Crippen LogP contribution in [0.4, 0.5) is 13.2 Å². The Bertz CT molecular complexity index is 1520. The van der Waals surface area contributed by atoms with Crippen molar-refractivity contribution in [3.63, 3.8) is 0 Å². The standard InChI is InChI=1S/C29H29F3N4O6S/c1-17-13-21(7-8-23(17)41-16-25(37)38)40-15-24-35-26(22-14-33-28(34-18(22)2)36-9-11-39-12-10-36)27(43-24)19-3-5-20(6-4-19)42-29(30,31)32/h3-8,13-14,18H,9-12,15-16H2,1-2H3,(H,33,34)(H,37,38). The van der Waals surface area contributed by atoms with Gasteiger partial charge in [0, 0.05) is 24.9 Å². The van der Waals surface area contributed by atoms with Gasteiger partial charge in [-0.2, -0.15) is 0 Å². The van der Waals surface area contributed by atoms with Crippen molar-refractivity contribution in [3.8, 4) is 27.7 Å². The number of nitrogens with zero attached hydrogens (tertiary/aromatic N) is 3. The van der Waals surface area contributed by atoms with E-state index in [-0.39, 0.29) is 18.4 Å². The SMILES string of the molecule is Cc1cc(OCc2nc(C3=CNC(N4CCOCC4)=NC3C)c(-c3ccc(OC(F)(F)F)cc3)s2)ccc1OCC(=O)O. The van der Waals surface area contributed by atoms with Gasteiger partial charge in [0.2, 0.25) is 0 Å². The van der Waals surface area contributed by atoms with E-state index < -0.39 is 18.9 Å². The zero-order valence-corrected chi connectivity index (χ0v) is 24.1. The Morgan fingerprint density at radius 2 is 1.86 bits per heavy atom. The lowest BCUT2D eigenvalue weighted by atomic mass is 10.0. The normalized spacial score (nSPS) is 17.0. The molecule has 1 aromatic heterocycles. The molecule has 0 amide bonds. The number of hydrogen-bond donors (Lipinski definition) is 2. The van der Waals surface area contributed by atoms with Crippen LogP contribution < -0.4 is 19.5 Å². The van der Waals surface area contributed by atoms with Crippen molar-refractivity contribution < 1.29 is 42.0 Å². The van der Waals surface area contributed by atoms with E-state index in [1.165, 1.54) is 23.5 Å². The summed E-state index contributed by atoms with van der Waals surface area (Å²) in [6.45, 7) is 6.12. The summed E-state index contributed by atoms with van der Waals surface area (Å²) in [5.74, 6) is 0.342. The monoisotopic (exact) mass is 618 g/mol. The minimum absolute atomic E-state index is 0.124. The quantitative estimate of drug-likeness (QED) is 0.339. The molecule has 14 heteroatoms. The molecule has 5 rings (SSSR count). The predicted octanol–water partition coefficient (Wildman–Crippen LogP) is 5.08. The Kier molecular flexibility index (Phi) is 9.06. The molecule has 2 aliphatic rings. The number of aliphatic imine (C=N–C) groups is 1. The summed E-state index contributed by atoms with van der Waals surface area (Å²) in [6, 6.07) is 10.5. The highest BCUT2D eigenvalue weighted by Crippen LogP contribution is 2.38. The summed E-state index contributed by atoms with van der Waals surface area (Å²) in [6.07, 6.45) is -2.92. The molecule has 1 saturated heterocycles. The fraction of sp³-hybridized carbons (Fsp3) is 0.345. The molecular weight excluding hydrogens is 589 g/mol. The van der Waals surface area contributed by atoms with Crippen molar-refractivity contribution in [3.05, 3.63) is 64.9 Å². The highest BCUT2D eigenvalue weighted by Gasteiger charge is 2.31. The molecule has 0 saturated carbocycles. The third-order valence-corrected chi connectivity index (χ3v) is 7.67. The second kappa shape index (κ2) is 12.9. The van der Waals surface area contributed by atoms with Crippen LogP contribution in [0, 0.1) is 6.92 Å². The van der Waals surface area contributed by atoms with E-state index in [4.69, 9.17) is 29.3 Å². The Balaban J connectivity index is 1.39. The lowest BCUT2D eigenvalue weighted by Gasteiger charge is -2.32. The molecule has 0 spiro atoms. The van der Waals surface area contributed by atoms with Gasteiger partial charge in [-0.3, -0.25) is 0 Å². The highest BCUT2D eigenvalue weighted by atomic mass is 32.1. The molecular formula is C29H29F3N4O6S. The van der Waals surface area contributed by atoms with E-state index in [0.29, 0.717) is 46.5 Å². The molecule has 2 aliphatic heterocycles. The fourth-order valence-corrected chi connectivity index (χ4v) is 5.56. The van der Waals surface area contributed by atoms with E-state index in [0.717, 1.165) is 29.5 Å². The molecule has 1 atom stereocenters. The van der Waals surface area contributed by atoms with Crippen molar-refractivity contribution in [2.45, 2.75) is 32.9 Å². The van der Waals surface area contributed by atoms with Crippen molar-refractivity contribution >= 4 is 28.8 Å². The summed E-state index contributed by atoms with van der Waals surface area (Å²) in [5.41, 5.74) is 2.84. The number of halogens is 3. The minimum atomic E-state index is -4.79. The molecule has 3 heterocycles. The first-order chi connectivity index (χ1) is 20.6. The third-order valence-electron chi connectivity index (χ3n) is 6.59. The second-order valence-corrected chi connectivity index (χ2v) is 10.8. The molecule has 1 unspecified atom stereocenters. The molecule has 228 valence electrons. The first-order valence-corrected chi connectivity index (χ1v) is 14.2. The molecule has 1 fully saturated rings.